The lowest BCUT2D eigenvalue weighted by molar-refractivity contribution is 0.194. The van der Waals surface area contributed by atoms with Crippen molar-refractivity contribution in [2.24, 2.45) is 0 Å². The summed E-state index contributed by atoms with van der Waals surface area (Å²) in [5.74, 6) is 1.20. The summed E-state index contributed by atoms with van der Waals surface area (Å²) in [5, 5.41) is 11.3. The Morgan fingerprint density at radius 2 is 2.00 bits per heavy atom. The Morgan fingerprint density at radius 1 is 1.19 bits per heavy atom. The molecule has 27 heavy (non-hydrogen) atoms. The summed E-state index contributed by atoms with van der Waals surface area (Å²) in [6, 6.07) is 10.5. The molecule has 1 fully saturated rings. The topological polar surface area (TPSA) is 71.7 Å². The Hall–Kier alpha value is -2.67. The first-order valence-corrected chi connectivity index (χ1v) is 9.66. The van der Waals surface area contributed by atoms with Crippen molar-refractivity contribution in [3.8, 4) is 0 Å². The molecule has 1 aliphatic heterocycles. The van der Waals surface area contributed by atoms with Crippen LogP contribution in [0.4, 0.5) is 0 Å². The highest BCUT2D eigenvalue weighted by Gasteiger charge is 2.26. The zero-order valence-corrected chi connectivity index (χ0v) is 15.7. The van der Waals surface area contributed by atoms with Crippen molar-refractivity contribution in [2.45, 2.75) is 45.3 Å². The van der Waals surface area contributed by atoms with E-state index in [9.17, 15) is 4.79 Å². The summed E-state index contributed by atoms with van der Waals surface area (Å²) in [6.45, 7) is 6.36. The van der Waals surface area contributed by atoms with Crippen LogP contribution >= 0.6 is 0 Å². The number of rotatable bonds is 6. The predicted octanol–water partition coefficient (Wildman–Crippen LogP) is 2.22. The number of benzene rings is 1. The molecule has 0 amide bonds. The molecular formula is C20H26N6O. The number of nitrogens with one attached hydrogen (secondary N) is 1. The van der Waals surface area contributed by atoms with Crippen molar-refractivity contribution in [3.63, 3.8) is 0 Å². The van der Waals surface area contributed by atoms with Crippen molar-refractivity contribution in [3.05, 3.63) is 70.2 Å². The van der Waals surface area contributed by atoms with Crippen LogP contribution in [0, 0.1) is 0 Å². The first kappa shape index (κ1) is 17.7. The second-order valence-corrected chi connectivity index (χ2v) is 7.18. The molecule has 1 saturated heterocycles. The van der Waals surface area contributed by atoms with E-state index in [-0.39, 0.29) is 5.69 Å². The molecule has 0 radical (unpaired) electrons. The minimum absolute atomic E-state index is 0.103. The molecule has 0 bridgehead atoms. The Kier molecular flexibility index (Phi) is 5.20. The Labute approximate surface area is 158 Å². The number of nitrogens with zero attached hydrogens (tertiary/aromatic N) is 5. The molecule has 4 rings (SSSR count). The fraction of sp³-hybridized carbons (Fsp3) is 0.450. The second kappa shape index (κ2) is 7.92. The van der Waals surface area contributed by atoms with Gasteiger partial charge in [0.25, 0.3) is 0 Å². The quantitative estimate of drug-likeness (QED) is 0.726. The van der Waals surface area contributed by atoms with Crippen LogP contribution in [-0.2, 0) is 19.6 Å². The molecule has 0 aliphatic carbocycles. The lowest BCUT2D eigenvalue weighted by Gasteiger charge is -2.32. The molecule has 0 saturated carbocycles. The number of H-pyrrole nitrogens is 1. The summed E-state index contributed by atoms with van der Waals surface area (Å²) >= 11 is 0. The van der Waals surface area contributed by atoms with Crippen LogP contribution in [0.2, 0.25) is 0 Å². The number of hydrogen-bond donors (Lipinski definition) is 1. The van der Waals surface area contributed by atoms with Crippen LogP contribution in [0.15, 0.2) is 47.5 Å². The highest BCUT2D eigenvalue weighted by molar-refractivity contribution is 5.27. The van der Waals surface area contributed by atoms with Crippen molar-refractivity contribution >= 4 is 0 Å². The molecule has 1 aromatic carbocycles. The van der Waals surface area contributed by atoms with E-state index >= 15 is 0 Å². The van der Waals surface area contributed by atoms with Crippen molar-refractivity contribution in [1.29, 1.82) is 0 Å². The number of likely N-dealkylation sites (tertiary alicyclic amines) is 1. The monoisotopic (exact) mass is 366 g/mol. The number of piperidine rings is 1. The molecule has 7 heteroatoms. The zero-order valence-electron chi connectivity index (χ0n) is 15.7. The van der Waals surface area contributed by atoms with E-state index in [4.69, 9.17) is 0 Å². The van der Waals surface area contributed by atoms with Gasteiger partial charge in [0.15, 0.2) is 0 Å². The summed E-state index contributed by atoms with van der Waals surface area (Å²) in [6.07, 6.45) is 6.01. The average molecular weight is 366 g/mol. The maximum Gasteiger partial charge on any atom is 0.343 e. The number of aromatic amines is 1. The van der Waals surface area contributed by atoms with Gasteiger partial charge in [-0.1, -0.05) is 24.3 Å². The first-order chi connectivity index (χ1) is 13.2. The fourth-order valence-electron chi connectivity index (χ4n) is 4.03. The summed E-state index contributed by atoms with van der Waals surface area (Å²) < 4.78 is 3.72. The molecule has 1 atom stereocenters. The highest BCUT2D eigenvalue weighted by Crippen LogP contribution is 2.26. The van der Waals surface area contributed by atoms with Gasteiger partial charge in [-0.2, -0.15) is 10.2 Å². The van der Waals surface area contributed by atoms with Crippen LogP contribution in [0.3, 0.4) is 0 Å². The van der Waals surface area contributed by atoms with Crippen LogP contribution in [0.5, 0.6) is 0 Å². The Balaban J connectivity index is 1.49. The van der Waals surface area contributed by atoms with Gasteiger partial charge in [0, 0.05) is 37.9 Å². The first-order valence-electron chi connectivity index (χ1n) is 9.66. The maximum absolute atomic E-state index is 11.9. The van der Waals surface area contributed by atoms with Crippen LogP contribution < -0.4 is 5.69 Å². The smallest absolute Gasteiger partial charge is 0.298 e. The van der Waals surface area contributed by atoms with Crippen LogP contribution in [0.25, 0.3) is 0 Å². The van der Waals surface area contributed by atoms with E-state index in [0.29, 0.717) is 12.5 Å². The standard InChI is InChI=1S/C20H26N6O/c1-2-26-19(22-23-20(26)27)18-9-5-11-24(14-18)13-16-7-3-4-8-17(16)15-25-12-6-10-21-25/h3-4,6-8,10,12,18H,2,5,9,11,13-15H2,1H3,(H,23,27)/t18-/m1/s1. The SMILES string of the molecule is CCn1c([C@@H]2CCCN(Cc3ccccc3Cn3cccn3)C2)n[nH]c1=O. The van der Waals surface area contributed by atoms with Gasteiger partial charge in [0.1, 0.15) is 5.82 Å². The predicted molar refractivity (Wildman–Crippen MR) is 104 cm³/mol. The van der Waals surface area contributed by atoms with Crippen molar-refractivity contribution in [1.82, 2.24) is 29.4 Å². The van der Waals surface area contributed by atoms with Gasteiger partial charge < -0.3 is 0 Å². The fourth-order valence-corrected chi connectivity index (χ4v) is 4.03. The van der Waals surface area contributed by atoms with E-state index in [2.05, 4.69) is 44.5 Å². The molecule has 7 nitrogen and oxygen atoms in total. The van der Waals surface area contributed by atoms with Crippen molar-refractivity contribution < 1.29 is 0 Å². The van der Waals surface area contributed by atoms with Gasteiger partial charge in [-0.25, -0.2) is 9.89 Å². The molecule has 142 valence electrons. The third-order valence-electron chi connectivity index (χ3n) is 5.38. The lowest BCUT2D eigenvalue weighted by atomic mass is 9.96. The van der Waals surface area contributed by atoms with Crippen LogP contribution in [-0.4, -0.2) is 42.5 Å². The number of aromatic nitrogens is 5. The highest BCUT2D eigenvalue weighted by atomic mass is 16.1. The molecule has 1 aliphatic rings. The normalized spacial score (nSPS) is 18.0. The molecular weight excluding hydrogens is 340 g/mol. The van der Waals surface area contributed by atoms with E-state index in [1.165, 1.54) is 11.1 Å². The summed E-state index contributed by atoms with van der Waals surface area (Å²) in [7, 11) is 0. The van der Waals surface area contributed by atoms with E-state index in [1.807, 2.05) is 30.1 Å². The van der Waals surface area contributed by atoms with Gasteiger partial charge in [0.05, 0.1) is 6.54 Å². The zero-order chi connectivity index (χ0) is 18.6. The minimum Gasteiger partial charge on any atom is -0.298 e. The third kappa shape index (κ3) is 3.88. The molecule has 1 N–H and O–H groups in total. The minimum atomic E-state index is -0.103. The summed E-state index contributed by atoms with van der Waals surface area (Å²) in [4.78, 5) is 14.4. The van der Waals surface area contributed by atoms with Gasteiger partial charge >= 0.3 is 5.69 Å². The summed E-state index contributed by atoms with van der Waals surface area (Å²) in [5.41, 5.74) is 2.53. The number of hydrogen-bond acceptors (Lipinski definition) is 4. The Bertz CT molecular complexity index is 926. The van der Waals surface area contributed by atoms with E-state index in [0.717, 1.165) is 44.8 Å². The lowest BCUT2D eigenvalue weighted by Crippen LogP contribution is -2.35. The average Bonchev–Trinajstić information content (AvgIpc) is 3.33. The molecule has 3 heterocycles. The van der Waals surface area contributed by atoms with Gasteiger partial charge in [-0.05, 0) is 43.5 Å². The van der Waals surface area contributed by atoms with Crippen LogP contribution in [0.1, 0.15) is 42.6 Å². The van der Waals surface area contributed by atoms with Gasteiger partial charge in [-0.3, -0.25) is 14.1 Å². The van der Waals surface area contributed by atoms with Gasteiger partial charge in [-0.15, -0.1) is 0 Å². The van der Waals surface area contributed by atoms with E-state index < -0.39 is 0 Å². The largest absolute Gasteiger partial charge is 0.343 e. The second-order valence-electron chi connectivity index (χ2n) is 7.18. The maximum atomic E-state index is 11.9. The molecule has 0 spiro atoms. The molecule has 2 aromatic heterocycles. The third-order valence-corrected chi connectivity index (χ3v) is 5.38. The van der Waals surface area contributed by atoms with Crippen molar-refractivity contribution in [2.75, 3.05) is 13.1 Å². The van der Waals surface area contributed by atoms with E-state index in [1.54, 1.807) is 4.57 Å². The Morgan fingerprint density at radius 3 is 2.74 bits per heavy atom. The van der Waals surface area contributed by atoms with Gasteiger partial charge in [0.2, 0.25) is 0 Å². The molecule has 0 unspecified atom stereocenters. The molecule has 3 aromatic rings.